The molecule has 1 aliphatic rings. The zero-order valence-electron chi connectivity index (χ0n) is 10.4. The van der Waals surface area contributed by atoms with E-state index in [1.54, 1.807) is 6.20 Å². The first kappa shape index (κ1) is 12.0. The molecule has 1 atom stereocenters. The highest BCUT2D eigenvalue weighted by Gasteiger charge is 2.40. The molecule has 17 heavy (non-hydrogen) atoms. The van der Waals surface area contributed by atoms with Crippen LogP contribution in [0.25, 0.3) is 0 Å². The van der Waals surface area contributed by atoms with Crippen molar-refractivity contribution in [2.75, 3.05) is 12.3 Å². The summed E-state index contributed by atoms with van der Waals surface area (Å²) in [7, 11) is 0. The summed E-state index contributed by atoms with van der Waals surface area (Å²) in [5, 5.41) is 3.34. The molecule has 1 aliphatic heterocycles. The van der Waals surface area contributed by atoms with E-state index >= 15 is 0 Å². The van der Waals surface area contributed by atoms with Gasteiger partial charge in [-0.15, -0.1) is 0 Å². The summed E-state index contributed by atoms with van der Waals surface area (Å²) in [5.41, 5.74) is 6.91. The van der Waals surface area contributed by atoms with Gasteiger partial charge in [-0.05, 0) is 44.4 Å². The molecule has 1 aromatic rings. The van der Waals surface area contributed by atoms with Gasteiger partial charge in [0, 0.05) is 6.20 Å². The number of pyridine rings is 1. The Balaban J connectivity index is 2.43. The number of aryl methyl sites for hydroxylation is 1. The highest BCUT2D eigenvalue weighted by molar-refractivity contribution is 6.07. The van der Waals surface area contributed by atoms with Gasteiger partial charge in [-0.25, -0.2) is 4.98 Å². The van der Waals surface area contributed by atoms with Gasteiger partial charge in [0.1, 0.15) is 5.82 Å². The number of ketones is 1. The number of aromatic nitrogens is 1. The molecule has 0 aliphatic carbocycles. The van der Waals surface area contributed by atoms with Crippen molar-refractivity contribution in [3.8, 4) is 0 Å². The van der Waals surface area contributed by atoms with Crippen LogP contribution in [-0.2, 0) is 0 Å². The zero-order chi connectivity index (χ0) is 12.5. The minimum Gasteiger partial charge on any atom is -0.383 e. The van der Waals surface area contributed by atoms with Gasteiger partial charge in [-0.3, -0.25) is 4.79 Å². The van der Waals surface area contributed by atoms with E-state index in [1.807, 2.05) is 19.9 Å². The lowest BCUT2D eigenvalue weighted by Crippen LogP contribution is -2.47. The summed E-state index contributed by atoms with van der Waals surface area (Å²) in [6.45, 7) is 4.85. The first-order valence-corrected chi connectivity index (χ1v) is 6.11. The van der Waals surface area contributed by atoms with Crippen molar-refractivity contribution in [1.29, 1.82) is 0 Å². The van der Waals surface area contributed by atoms with Gasteiger partial charge in [0.05, 0.1) is 11.1 Å². The molecular formula is C13H19N3O. The van der Waals surface area contributed by atoms with E-state index in [4.69, 9.17) is 5.73 Å². The van der Waals surface area contributed by atoms with Gasteiger partial charge >= 0.3 is 0 Å². The average Bonchev–Trinajstić information content (AvgIpc) is 2.78. The Morgan fingerprint density at radius 3 is 2.94 bits per heavy atom. The Bertz CT molecular complexity index is 416. The van der Waals surface area contributed by atoms with Gasteiger partial charge in [0.15, 0.2) is 5.78 Å². The smallest absolute Gasteiger partial charge is 0.186 e. The lowest BCUT2D eigenvalue weighted by molar-refractivity contribution is 0.0864. The number of Topliss-reactive ketones (excluding diaryl/α,β-unsaturated/α-hetero) is 1. The average molecular weight is 233 g/mol. The molecule has 1 saturated heterocycles. The molecule has 0 bridgehead atoms. The van der Waals surface area contributed by atoms with Gasteiger partial charge in [-0.2, -0.15) is 0 Å². The Morgan fingerprint density at radius 1 is 1.65 bits per heavy atom. The lowest BCUT2D eigenvalue weighted by Gasteiger charge is -2.27. The number of carbonyl (C=O) groups is 1. The SMILES string of the molecule is CCC1(C(=O)c2c(C)ccnc2N)CCCN1. The molecule has 0 spiro atoms. The van der Waals surface area contributed by atoms with Crippen molar-refractivity contribution < 1.29 is 4.79 Å². The number of carbonyl (C=O) groups excluding carboxylic acids is 1. The number of rotatable bonds is 3. The maximum atomic E-state index is 12.7. The number of nitrogen functional groups attached to an aromatic ring is 1. The van der Waals surface area contributed by atoms with Crippen molar-refractivity contribution in [1.82, 2.24) is 10.3 Å². The third-order valence-corrected chi connectivity index (χ3v) is 3.70. The molecule has 2 heterocycles. The van der Waals surface area contributed by atoms with Crippen LogP contribution >= 0.6 is 0 Å². The zero-order valence-corrected chi connectivity index (χ0v) is 10.4. The van der Waals surface area contributed by atoms with Gasteiger partial charge in [0.25, 0.3) is 0 Å². The van der Waals surface area contributed by atoms with Crippen molar-refractivity contribution >= 4 is 11.6 Å². The van der Waals surface area contributed by atoms with Crippen LogP contribution in [0.3, 0.4) is 0 Å². The van der Waals surface area contributed by atoms with Crippen molar-refractivity contribution in [2.45, 2.75) is 38.6 Å². The van der Waals surface area contributed by atoms with Crippen LogP contribution in [0.15, 0.2) is 12.3 Å². The molecule has 4 heteroatoms. The molecule has 2 rings (SSSR count). The van der Waals surface area contributed by atoms with Crippen molar-refractivity contribution in [3.63, 3.8) is 0 Å². The second-order valence-electron chi connectivity index (χ2n) is 4.68. The fourth-order valence-electron chi connectivity index (χ4n) is 2.58. The third kappa shape index (κ3) is 1.93. The molecule has 0 radical (unpaired) electrons. The molecule has 0 saturated carbocycles. The van der Waals surface area contributed by atoms with Gasteiger partial charge < -0.3 is 11.1 Å². The second-order valence-corrected chi connectivity index (χ2v) is 4.68. The van der Waals surface area contributed by atoms with Crippen molar-refractivity contribution in [3.05, 3.63) is 23.4 Å². The van der Waals surface area contributed by atoms with E-state index in [0.717, 1.165) is 31.4 Å². The number of nitrogens with one attached hydrogen (secondary N) is 1. The van der Waals surface area contributed by atoms with E-state index in [0.29, 0.717) is 11.4 Å². The first-order chi connectivity index (χ1) is 8.10. The van der Waals surface area contributed by atoms with Crippen LogP contribution in [0.5, 0.6) is 0 Å². The Morgan fingerprint density at radius 2 is 2.41 bits per heavy atom. The van der Waals surface area contributed by atoms with E-state index in [1.165, 1.54) is 0 Å². The normalized spacial score (nSPS) is 23.9. The number of anilines is 1. The number of nitrogens with two attached hydrogens (primary N) is 1. The topological polar surface area (TPSA) is 68.0 Å². The van der Waals surface area contributed by atoms with Crippen molar-refractivity contribution in [2.24, 2.45) is 0 Å². The maximum absolute atomic E-state index is 12.7. The monoisotopic (exact) mass is 233 g/mol. The molecule has 3 N–H and O–H groups in total. The molecule has 1 unspecified atom stereocenters. The summed E-state index contributed by atoms with van der Waals surface area (Å²) in [6, 6.07) is 1.84. The molecule has 1 aromatic heterocycles. The van der Waals surface area contributed by atoms with Crippen LogP contribution < -0.4 is 11.1 Å². The van der Waals surface area contributed by atoms with Gasteiger partial charge in [0.2, 0.25) is 0 Å². The van der Waals surface area contributed by atoms with E-state index in [-0.39, 0.29) is 5.78 Å². The predicted octanol–water partition coefficient (Wildman–Crippen LogP) is 1.69. The summed E-state index contributed by atoms with van der Waals surface area (Å²) in [6.07, 6.45) is 4.36. The first-order valence-electron chi connectivity index (χ1n) is 6.11. The summed E-state index contributed by atoms with van der Waals surface area (Å²) in [4.78, 5) is 16.7. The van der Waals surface area contributed by atoms with E-state index in [9.17, 15) is 4.79 Å². The molecular weight excluding hydrogens is 214 g/mol. The van der Waals surface area contributed by atoms with E-state index < -0.39 is 5.54 Å². The van der Waals surface area contributed by atoms with Gasteiger partial charge in [-0.1, -0.05) is 6.92 Å². The fourth-order valence-corrected chi connectivity index (χ4v) is 2.58. The van der Waals surface area contributed by atoms with Crippen LogP contribution in [0, 0.1) is 6.92 Å². The molecule has 1 fully saturated rings. The standard InChI is InChI=1S/C13H19N3O/c1-3-13(6-4-7-16-13)11(17)10-9(2)5-8-15-12(10)14/h5,8,16H,3-4,6-7H2,1-2H3,(H2,14,15). The minimum absolute atomic E-state index is 0.0978. The quantitative estimate of drug-likeness (QED) is 0.779. The highest BCUT2D eigenvalue weighted by Crippen LogP contribution is 2.30. The molecule has 4 nitrogen and oxygen atoms in total. The Hall–Kier alpha value is -1.42. The van der Waals surface area contributed by atoms with Crippen LogP contribution in [0.4, 0.5) is 5.82 Å². The summed E-state index contributed by atoms with van der Waals surface area (Å²) < 4.78 is 0. The molecule has 92 valence electrons. The highest BCUT2D eigenvalue weighted by atomic mass is 16.1. The predicted molar refractivity (Wildman–Crippen MR) is 68.0 cm³/mol. The molecule has 0 amide bonds. The Labute approximate surface area is 102 Å². The summed E-state index contributed by atoms with van der Waals surface area (Å²) >= 11 is 0. The third-order valence-electron chi connectivity index (χ3n) is 3.70. The van der Waals surface area contributed by atoms with Crippen LogP contribution in [-0.4, -0.2) is 22.9 Å². The second kappa shape index (κ2) is 4.45. The minimum atomic E-state index is -0.429. The lowest BCUT2D eigenvalue weighted by atomic mass is 9.84. The maximum Gasteiger partial charge on any atom is 0.186 e. The Kier molecular flexibility index (Phi) is 3.15. The van der Waals surface area contributed by atoms with Crippen LogP contribution in [0.1, 0.15) is 42.1 Å². The number of hydrogen-bond acceptors (Lipinski definition) is 4. The van der Waals surface area contributed by atoms with Crippen LogP contribution in [0.2, 0.25) is 0 Å². The number of nitrogens with zero attached hydrogens (tertiary/aromatic N) is 1. The summed E-state index contributed by atoms with van der Waals surface area (Å²) in [5.74, 6) is 0.442. The largest absolute Gasteiger partial charge is 0.383 e. The molecule has 0 aromatic carbocycles. The number of hydrogen-bond donors (Lipinski definition) is 2. The van der Waals surface area contributed by atoms with E-state index in [2.05, 4.69) is 10.3 Å². The fraction of sp³-hybridized carbons (Fsp3) is 0.538.